The molecule has 1 atom stereocenters. The monoisotopic (exact) mass is 297 g/mol. The molecule has 5 nitrogen and oxygen atoms in total. The summed E-state index contributed by atoms with van der Waals surface area (Å²) in [5.41, 5.74) is 7.77. The maximum atomic E-state index is 12.4. The van der Waals surface area contributed by atoms with Crippen LogP contribution in [0.4, 0.5) is 0 Å². The molecule has 0 aliphatic carbocycles. The van der Waals surface area contributed by atoms with Crippen molar-refractivity contribution >= 4 is 10.2 Å². The second-order valence-corrected chi connectivity index (χ2v) is 6.96. The van der Waals surface area contributed by atoms with Gasteiger partial charge in [-0.3, -0.25) is 0 Å². The molecule has 112 valence electrons. The number of piperidine rings is 1. The first-order valence-corrected chi connectivity index (χ1v) is 8.49. The zero-order valence-corrected chi connectivity index (χ0v) is 12.7. The van der Waals surface area contributed by atoms with E-state index in [0.717, 1.165) is 30.4 Å². The van der Waals surface area contributed by atoms with E-state index in [1.165, 1.54) is 4.31 Å². The van der Waals surface area contributed by atoms with Crippen molar-refractivity contribution in [3.05, 3.63) is 35.4 Å². The highest BCUT2D eigenvalue weighted by atomic mass is 32.2. The van der Waals surface area contributed by atoms with Crippen LogP contribution in [0.2, 0.25) is 0 Å². The van der Waals surface area contributed by atoms with Crippen LogP contribution in [-0.4, -0.2) is 31.9 Å². The highest BCUT2D eigenvalue weighted by Gasteiger charge is 2.31. The van der Waals surface area contributed by atoms with Gasteiger partial charge in [0.2, 0.25) is 0 Å². The van der Waals surface area contributed by atoms with E-state index in [1.807, 2.05) is 31.2 Å². The molecule has 1 aliphatic rings. The third-order valence-corrected chi connectivity index (χ3v) is 5.47. The Bertz CT molecular complexity index is 545. The van der Waals surface area contributed by atoms with E-state index in [9.17, 15) is 8.42 Å². The normalized spacial score (nSPS) is 21.0. The third-order valence-electron chi connectivity index (χ3n) is 3.86. The summed E-state index contributed by atoms with van der Waals surface area (Å²) in [5, 5.41) is 0. The van der Waals surface area contributed by atoms with E-state index in [0.29, 0.717) is 19.6 Å². The van der Waals surface area contributed by atoms with Crippen molar-refractivity contribution in [2.75, 3.05) is 13.1 Å². The molecule has 1 aliphatic heterocycles. The SMILES string of the molecule is Cc1ccccc1CNS(=O)(=O)N1CCCCC1CN. The molecule has 0 amide bonds. The summed E-state index contributed by atoms with van der Waals surface area (Å²) in [5.74, 6) is 0. The van der Waals surface area contributed by atoms with Crippen molar-refractivity contribution in [2.24, 2.45) is 5.73 Å². The summed E-state index contributed by atoms with van der Waals surface area (Å²) in [7, 11) is -3.46. The average Bonchev–Trinajstić information content (AvgIpc) is 2.46. The van der Waals surface area contributed by atoms with Gasteiger partial charge < -0.3 is 5.73 Å². The average molecular weight is 297 g/mol. The number of benzene rings is 1. The van der Waals surface area contributed by atoms with Gasteiger partial charge in [-0.1, -0.05) is 30.7 Å². The Morgan fingerprint density at radius 2 is 2.10 bits per heavy atom. The van der Waals surface area contributed by atoms with Gasteiger partial charge in [-0.15, -0.1) is 0 Å². The number of nitrogens with two attached hydrogens (primary N) is 1. The number of hydrogen-bond acceptors (Lipinski definition) is 3. The minimum atomic E-state index is -3.46. The molecule has 1 aromatic carbocycles. The molecule has 1 fully saturated rings. The Morgan fingerprint density at radius 3 is 2.80 bits per heavy atom. The van der Waals surface area contributed by atoms with Gasteiger partial charge >= 0.3 is 0 Å². The van der Waals surface area contributed by atoms with Gasteiger partial charge in [-0.2, -0.15) is 17.4 Å². The predicted octanol–water partition coefficient (Wildman–Crippen LogP) is 1.14. The highest BCUT2D eigenvalue weighted by Crippen LogP contribution is 2.19. The smallest absolute Gasteiger partial charge is 0.280 e. The van der Waals surface area contributed by atoms with Crippen LogP contribution in [0.15, 0.2) is 24.3 Å². The number of rotatable bonds is 5. The fourth-order valence-corrected chi connectivity index (χ4v) is 4.04. The van der Waals surface area contributed by atoms with Gasteiger partial charge in [0.1, 0.15) is 0 Å². The van der Waals surface area contributed by atoms with E-state index >= 15 is 0 Å². The summed E-state index contributed by atoms with van der Waals surface area (Å²) in [6.45, 7) is 3.24. The Hall–Kier alpha value is -0.950. The molecule has 1 aromatic rings. The summed E-state index contributed by atoms with van der Waals surface area (Å²) in [6, 6.07) is 7.71. The van der Waals surface area contributed by atoms with E-state index < -0.39 is 10.2 Å². The highest BCUT2D eigenvalue weighted by molar-refractivity contribution is 7.87. The molecular weight excluding hydrogens is 274 g/mol. The third kappa shape index (κ3) is 3.58. The molecular formula is C14H23N3O2S. The molecule has 0 bridgehead atoms. The first-order valence-electron chi connectivity index (χ1n) is 7.05. The predicted molar refractivity (Wildman–Crippen MR) is 80.3 cm³/mol. The molecule has 20 heavy (non-hydrogen) atoms. The topological polar surface area (TPSA) is 75.4 Å². The molecule has 1 saturated heterocycles. The molecule has 2 rings (SSSR count). The molecule has 0 spiro atoms. The Labute approximate surface area is 121 Å². The quantitative estimate of drug-likeness (QED) is 0.856. The molecule has 0 aromatic heterocycles. The number of nitrogens with zero attached hydrogens (tertiary/aromatic N) is 1. The van der Waals surface area contributed by atoms with Crippen LogP contribution in [0.1, 0.15) is 30.4 Å². The maximum absolute atomic E-state index is 12.4. The van der Waals surface area contributed by atoms with Crippen molar-refractivity contribution in [3.63, 3.8) is 0 Å². The molecule has 3 N–H and O–H groups in total. The lowest BCUT2D eigenvalue weighted by molar-refractivity contribution is 0.254. The largest absolute Gasteiger partial charge is 0.329 e. The lowest BCUT2D eigenvalue weighted by Gasteiger charge is -2.33. The second kappa shape index (κ2) is 6.67. The van der Waals surface area contributed by atoms with Gasteiger partial charge in [0.05, 0.1) is 0 Å². The Balaban J connectivity index is 2.05. The molecule has 6 heteroatoms. The maximum Gasteiger partial charge on any atom is 0.280 e. The van der Waals surface area contributed by atoms with Crippen LogP contribution in [0.25, 0.3) is 0 Å². The Kier molecular flexibility index (Phi) is 5.15. The fourth-order valence-electron chi connectivity index (χ4n) is 2.59. The summed E-state index contributed by atoms with van der Waals surface area (Å²) >= 11 is 0. The first-order chi connectivity index (χ1) is 9.54. The van der Waals surface area contributed by atoms with Crippen molar-refractivity contribution in [3.8, 4) is 0 Å². The van der Waals surface area contributed by atoms with Crippen molar-refractivity contribution in [1.29, 1.82) is 0 Å². The zero-order valence-electron chi connectivity index (χ0n) is 11.9. The van der Waals surface area contributed by atoms with Gasteiger partial charge in [0.15, 0.2) is 0 Å². The standard InChI is InChI=1S/C14H23N3O2S/c1-12-6-2-3-7-13(12)11-16-20(18,19)17-9-5-4-8-14(17)10-15/h2-3,6-7,14,16H,4-5,8-11,15H2,1H3. The van der Waals surface area contributed by atoms with Crippen LogP contribution in [-0.2, 0) is 16.8 Å². The summed E-state index contributed by atoms with van der Waals surface area (Å²) in [6.07, 6.45) is 2.80. The van der Waals surface area contributed by atoms with Crippen LogP contribution in [0.3, 0.4) is 0 Å². The van der Waals surface area contributed by atoms with E-state index in [2.05, 4.69) is 4.72 Å². The second-order valence-electron chi connectivity index (χ2n) is 5.25. The lowest BCUT2D eigenvalue weighted by Crippen LogP contribution is -2.51. The van der Waals surface area contributed by atoms with Gasteiger partial charge in [0, 0.05) is 25.7 Å². The van der Waals surface area contributed by atoms with E-state index in [1.54, 1.807) is 0 Å². The molecule has 1 unspecified atom stereocenters. The zero-order chi connectivity index (χ0) is 14.6. The lowest BCUT2D eigenvalue weighted by atomic mass is 10.1. The van der Waals surface area contributed by atoms with Crippen molar-refractivity contribution in [2.45, 2.75) is 38.8 Å². The van der Waals surface area contributed by atoms with E-state index in [-0.39, 0.29) is 6.04 Å². The van der Waals surface area contributed by atoms with Gasteiger partial charge in [-0.25, -0.2) is 0 Å². The summed E-state index contributed by atoms with van der Waals surface area (Å²) in [4.78, 5) is 0. The molecule has 1 heterocycles. The number of aryl methyl sites for hydroxylation is 1. The Morgan fingerprint density at radius 1 is 1.35 bits per heavy atom. The number of hydrogen-bond donors (Lipinski definition) is 2. The fraction of sp³-hybridized carbons (Fsp3) is 0.571. The van der Waals surface area contributed by atoms with Crippen LogP contribution < -0.4 is 10.5 Å². The minimum absolute atomic E-state index is 0.0712. The van der Waals surface area contributed by atoms with Crippen molar-refractivity contribution in [1.82, 2.24) is 9.03 Å². The van der Waals surface area contributed by atoms with Crippen molar-refractivity contribution < 1.29 is 8.42 Å². The summed E-state index contributed by atoms with van der Waals surface area (Å²) < 4.78 is 29.0. The first kappa shape index (κ1) is 15.4. The van der Waals surface area contributed by atoms with Gasteiger partial charge in [-0.05, 0) is 30.9 Å². The molecule has 0 saturated carbocycles. The molecule has 0 radical (unpaired) electrons. The van der Waals surface area contributed by atoms with E-state index in [4.69, 9.17) is 5.73 Å². The van der Waals surface area contributed by atoms with Crippen LogP contribution in [0, 0.1) is 6.92 Å². The van der Waals surface area contributed by atoms with Gasteiger partial charge in [0.25, 0.3) is 10.2 Å². The number of nitrogens with one attached hydrogen (secondary N) is 1. The van der Waals surface area contributed by atoms with Crippen LogP contribution >= 0.6 is 0 Å². The van der Waals surface area contributed by atoms with Crippen LogP contribution in [0.5, 0.6) is 0 Å². The minimum Gasteiger partial charge on any atom is -0.329 e.